The molecule has 0 unspecified atom stereocenters. The quantitative estimate of drug-likeness (QED) is 0.748. The van der Waals surface area contributed by atoms with Gasteiger partial charge in [-0.3, -0.25) is 4.79 Å². The summed E-state index contributed by atoms with van der Waals surface area (Å²) in [6.45, 7) is 3.21. The molecule has 5 heteroatoms. The van der Waals surface area contributed by atoms with E-state index in [4.69, 9.17) is 10.4 Å². The van der Waals surface area contributed by atoms with Crippen molar-refractivity contribution < 1.29 is 9.90 Å². The summed E-state index contributed by atoms with van der Waals surface area (Å²) >= 11 is 0. The molecule has 0 bridgehead atoms. The number of carbonyl (C=O) groups is 1. The number of rotatable bonds is 2. The van der Waals surface area contributed by atoms with Crippen molar-refractivity contribution in [2.45, 2.75) is 20.3 Å². The Morgan fingerprint density at radius 3 is 2.60 bits per heavy atom. The summed E-state index contributed by atoms with van der Waals surface area (Å²) in [5.74, 6) is -1.13. The molecule has 78 valence electrons. The van der Waals surface area contributed by atoms with Gasteiger partial charge in [-0.25, -0.2) is 4.79 Å². The zero-order valence-electron chi connectivity index (χ0n) is 8.42. The first kappa shape index (κ1) is 11.0. The molecule has 0 fully saturated rings. The Morgan fingerprint density at radius 2 is 2.20 bits per heavy atom. The van der Waals surface area contributed by atoms with E-state index in [-0.39, 0.29) is 16.8 Å². The molecule has 2 N–H and O–H groups in total. The molecular formula is C10H10N2O3. The number of carboxylic acids is 1. The molecule has 0 aromatic carbocycles. The molecule has 0 aliphatic rings. The van der Waals surface area contributed by atoms with Crippen LogP contribution in [0.15, 0.2) is 4.79 Å². The lowest BCUT2D eigenvalue weighted by atomic mass is 10.00. The van der Waals surface area contributed by atoms with Crippen LogP contribution in [-0.4, -0.2) is 16.1 Å². The maximum Gasteiger partial charge on any atom is 0.337 e. The highest BCUT2D eigenvalue weighted by atomic mass is 16.4. The highest BCUT2D eigenvalue weighted by molar-refractivity contribution is 5.91. The van der Waals surface area contributed by atoms with E-state index in [0.29, 0.717) is 12.0 Å². The van der Waals surface area contributed by atoms with Crippen LogP contribution in [0, 0.1) is 18.3 Å². The largest absolute Gasteiger partial charge is 0.478 e. The van der Waals surface area contributed by atoms with E-state index in [2.05, 4.69) is 4.98 Å². The van der Waals surface area contributed by atoms with Gasteiger partial charge in [0.1, 0.15) is 11.6 Å². The van der Waals surface area contributed by atoms with Crippen molar-refractivity contribution >= 4 is 5.97 Å². The van der Waals surface area contributed by atoms with Crippen LogP contribution in [0.5, 0.6) is 0 Å². The topological polar surface area (TPSA) is 93.9 Å². The number of pyridine rings is 1. The lowest BCUT2D eigenvalue weighted by molar-refractivity contribution is 0.0694. The number of aromatic nitrogens is 1. The van der Waals surface area contributed by atoms with Gasteiger partial charge in [0.25, 0.3) is 5.56 Å². The fraction of sp³-hybridized carbons (Fsp3) is 0.300. The van der Waals surface area contributed by atoms with E-state index in [1.165, 1.54) is 6.92 Å². The van der Waals surface area contributed by atoms with Gasteiger partial charge in [0.15, 0.2) is 0 Å². The number of hydrogen-bond acceptors (Lipinski definition) is 3. The van der Waals surface area contributed by atoms with Crippen molar-refractivity contribution in [1.82, 2.24) is 4.98 Å². The molecule has 0 aliphatic carbocycles. The fourth-order valence-corrected chi connectivity index (χ4v) is 1.54. The molecule has 15 heavy (non-hydrogen) atoms. The summed E-state index contributed by atoms with van der Waals surface area (Å²) in [6, 6.07) is 1.73. The third kappa shape index (κ3) is 1.74. The van der Waals surface area contributed by atoms with Gasteiger partial charge >= 0.3 is 5.97 Å². The molecule has 1 aromatic rings. The number of nitriles is 1. The van der Waals surface area contributed by atoms with Gasteiger partial charge in [-0.15, -0.1) is 0 Å². The number of H-pyrrole nitrogens is 1. The van der Waals surface area contributed by atoms with Crippen LogP contribution in [0.3, 0.4) is 0 Å². The number of nitrogens with one attached hydrogen (secondary N) is 1. The molecule has 0 amide bonds. The minimum atomic E-state index is -1.13. The maximum atomic E-state index is 11.4. The number of hydrogen-bond donors (Lipinski definition) is 2. The number of aryl methyl sites for hydroxylation is 1. The Balaban J connectivity index is 3.74. The number of aromatic carboxylic acids is 1. The predicted octanol–water partition coefficient (Wildman–Crippen LogP) is 0.816. The molecule has 1 aromatic heterocycles. The molecule has 0 radical (unpaired) electrons. The molecule has 5 nitrogen and oxygen atoms in total. The lowest BCUT2D eigenvalue weighted by Gasteiger charge is -2.07. The van der Waals surface area contributed by atoms with Crippen molar-refractivity contribution in [2.24, 2.45) is 0 Å². The molecular weight excluding hydrogens is 196 g/mol. The molecule has 0 atom stereocenters. The minimum Gasteiger partial charge on any atom is -0.478 e. The zero-order valence-corrected chi connectivity index (χ0v) is 8.42. The van der Waals surface area contributed by atoms with Crippen molar-refractivity contribution in [2.75, 3.05) is 0 Å². The Kier molecular flexibility index (Phi) is 2.90. The molecule has 0 aliphatic heterocycles. The minimum absolute atomic E-state index is 0.0219. The lowest BCUT2D eigenvalue weighted by Crippen LogP contribution is -2.20. The third-order valence-corrected chi connectivity index (χ3v) is 2.19. The van der Waals surface area contributed by atoms with E-state index in [9.17, 15) is 9.59 Å². The van der Waals surface area contributed by atoms with Crippen LogP contribution in [-0.2, 0) is 6.42 Å². The van der Waals surface area contributed by atoms with Crippen LogP contribution >= 0.6 is 0 Å². The van der Waals surface area contributed by atoms with E-state index in [0.717, 1.165) is 0 Å². The first-order valence-corrected chi connectivity index (χ1v) is 4.42. The van der Waals surface area contributed by atoms with E-state index in [1.807, 2.05) is 0 Å². The number of aromatic amines is 1. The van der Waals surface area contributed by atoms with E-state index in [1.54, 1.807) is 13.0 Å². The van der Waals surface area contributed by atoms with Gasteiger partial charge < -0.3 is 10.1 Å². The first-order chi connectivity index (χ1) is 7.02. The first-order valence-electron chi connectivity index (χ1n) is 4.42. The SMILES string of the molecule is CCc1c(C(=O)O)c(C)[nH]c(=O)c1C#N. The average molecular weight is 206 g/mol. The maximum absolute atomic E-state index is 11.4. The number of carboxylic acid groups (broad SMARTS) is 1. The van der Waals surface area contributed by atoms with Crippen LogP contribution in [0.4, 0.5) is 0 Å². The van der Waals surface area contributed by atoms with Crippen molar-refractivity contribution in [3.8, 4) is 6.07 Å². The third-order valence-electron chi connectivity index (χ3n) is 2.19. The Labute approximate surface area is 86.0 Å². The highest BCUT2D eigenvalue weighted by Crippen LogP contribution is 2.14. The zero-order chi connectivity index (χ0) is 11.6. The standard InChI is InChI=1S/C10H10N2O3/c1-3-6-7(4-11)9(13)12-5(2)8(6)10(14)15/h3H2,1-2H3,(H,12,13)(H,14,15). The Bertz CT molecular complexity index is 509. The highest BCUT2D eigenvalue weighted by Gasteiger charge is 2.18. The van der Waals surface area contributed by atoms with Gasteiger partial charge in [0, 0.05) is 5.69 Å². The summed E-state index contributed by atoms with van der Waals surface area (Å²) in [4.78, 5) is 24.7. The Hall–Kier alpha value is -2.09. The second kappa shape index (κ2) is 3.96. The summed E-state index contributed by atoms with van der Waals surface area (Å²) < 4.78 is 0. The van der Waals surface area contributed by atoms with Gasteiger partial charge in [-0.05, 0) is 18.9 Å². The molecule has 0 spiro atoms. The molecule has 0 saturated heterocycles. The van der Waals surface area contributed by atoms with Crippen molar-refractivity contribution in [3.05, 3.63) is 32.7 Å². The van der Waals surface area contributed by atoms with Crippen LogP contribution in [0.25, 0.3) is 0 Å². The van der Waals surface area contributed by atoms with E-state index >= 15 is 0 Å². The van der Waals surface area contributed by atoms with Gasteiger partial charge in [-0.1, -0.05) is 6.92 Å². The summed E-state index contributed by atoms with van der Waals surface area (Å²) in [5.41, 5.74) is -0.0411. The van der Waals surface area contributed by atoms with E-state index < -0.39 is 11.5 Å². The smallest absolute Gasteiger partial charge is 0.337 e. The molecule has 1 rings (SSSR count). The second-order valence-electron chi connectivity index (χ2n) is 3.08. The van der Waals surface area contributed by atoms with Crippen LogP contribution < -0.4 is 5.56 Å². The molecule has 0 saturated carbocycles. The number of nitrogens with zero attached hydrogens (tertiary/aromatic N) is 1. The molecule has 1 heterocycles. The van der Waals surface area contributed by atoms with Crippen molar-refractivity contribution in [1.29, 1.82) is 5.26 Å². The van der Waals surface area contributed by atoms with Gasteiger partial charge in [-0.2, -0.15) is 5.26 Å². The summed E-state index contributed by atoms with van der Waals surface area (Å²) in [5, 5.41) is 17.7. The summed E-state index contributed by atoms with van der Waals surface area (Å²) in [7, 11) is 0. The Morgan fingerprint density at radius 1 is 1.60 bits per heavy atom. The predicted molar refractivity (Wildman–Crippen MR) is 52.9 cm³/mol. The van der Waals surface area contributed by atoms with Crippen molar-refractivity contribution in [3.63, 3.8) is 0 Å². The fourth-order valence-electron chi connectivity index (χ4n) is 1.54. The van der Waals surface area contributed by atoms with Crippen LogP contribution in [0.1, 0.15) is 34.1 Å². The van der Waals surface area contributed by atoms with Gasteiger partial charge in [0.2, 0.25) is 0 Å². The normalized spacial score (nSPS) is 9.67. The summed E-state index contributed by atoms with van der Waals surface area (Å²) in [6.07, 6.45) is 0.343. The average Bonchev–Trinajstić information content (AvgIpc) is 2.15. The second-order valence-corrected chi connectivity index (χ2v) is 3.08. The van der Waals surface area contributed by atoms with Crippen LogP contribution in [0.2, 0.25) is 0 Å². The monoisotopic (exact) mass is 206 g/mol. The van der Waals surface area contributed by atoms with Gasteiger partial charge in [0.05, 0.1) is 5.56 Å².